The molecule has 1 aromatic carbocycles. The van der Waals surface area contributed by atoms with E-state index in [0.717, 1.165) is 36.9 Å². The minimum Gasteiger partial charge on any atom is -0.342 e. The molecule has 1 saturated heterocycles. The number of fused-ring (bicyclic) bond motifs is 1. The first kappa shape index (κ1) is 18.5. The molecule has 0 spiro atoms. The van der Waals surface area contributed by atoms with Gasteiger partial charge in [0, 0.05) is 36.1 Å². The SMILES string of the molecule is CCC(=O)N1CCC[C@H](C(=O)N2CCc3c(Cl)cc(Cl)cc3[C@H]2C)C1. The zero-order valence-electron chi connectivity index (χ0n) is 14.7. The second-order valence-corrected chi connectivity index (χ2v) is 7.79. The van der Waals surface area contributed by atoms with Gasteiger partial charge in [-0.25, -0.2) is 0 Å². The summed E-state index contributed by atoms with van der Waals surface area (Å²) in [5.41, 5.74) is 2.13. The highest BCUT2D eigenvalue weighted by Gasteiger charge is 2.35. The molecule has 2 atom stereocenters. The lowest BCUT2D eigenvalue weighted by molar-refractivity contribution is -0.142. The number of rotatable bonds is 2. The van der Waals surface area contributed by atoms with E-state index in [2.05, 4.69) is 0 Å². The first-order valence-corrected chi connectivity index (χ1v) is 9.74. The van der Waals surface area contributed by atoms with Crippen molar-refractivity contribution in [2.75, 3.05) is 19.6 Å². The lowest BCUT2D eigenvalue weighted by Crippen LogP contribution is -2.48. The van der Waals surface area contributed by atoms with Gasteiger partial charge in [-0.15, -0.1) is 0 Å². The fourth-order valence-corrected chi connectivity index (χ4v) is 4.62. The van der Waals surface area contributed by atoms with Crippen LogP contribution in [-0.4, -0.2) is 41.2 Å². The maximum absolute atomic E-state index is 13.1. The maximum Gasteiger partial charge on any atom is 0.227 e. The average molecular weight is 383 g/mol. The summed E-state index contributed by atoms with van der Waals surface area (Å²) in [6, 6.07) is 3.63. The monoisotopic (exact) mass is 382 g/mol. The summed E-state index contributed by atoms with van der Waals surface area (Å²) in [4.78, 5) is 28.9. The predicted octanol–water partition coefficient (Wildman–Crippen LogP) is 4.09. The quantitative estimate of drug-likeness (QED) is 0.772. The lowest BCUT2D eigenvalue weighted by Gasteiger charge is -2.40. The Hall–Kier alpha value is -1.26. The number of nitrogens with zero attached hydrogens (tertiary/aromatic N) is 2. The van der Waals surface area contributed by atoms with E-state index in [-0.39, 0.29) is 23.8 Å². The molecule has 0 aliphatic carbocycles. The number of carbonyl (C=O) groups is 2. The smallest absolute Gasteiger partial charge is 0.227 e. The van der Waals surface area contributed by atoms with Gasteiger partial charge in [0.15, 0.2) is 0 Å². The second kappa shape index (κ2) is 7.55. The summed E-state index contributed by atoms with van der Waals surface area (Å²) >= 11 is 12.5. The van der Waals surface area contributed by atoms with Crippen LogP contribution in [0.25, 0.3) is 0 Å². The van der Waals surface area contributed by atoms with Gasteiger partial charge in [0.25, 0.3) is 0 Å². The minimum atomic E-state index is -0.108. The minimum absolute atomic E-state index is 0.0512. The van der Waals surface area contributed by atoms with E-state index in [1.807, 2.05) is 29.7 Å². The number of piperidine rings is 1. The molecule has 2 aliphatic heterocycles. The number of hydrogen-bond donors (Lipinski definition) is 0. The van der Waals surface area contributed by atoms with Gasteiger partial charge >= 0.3 is 0 Å². The largest absolute Gasteiger partial charge is 0.342 e. The van der Waals surface area contributed by atoms with Crippen LogP contribution in [0.5, 0.6) is 0 Å². The predicted molar refractivity (Wildman–Crippen MR) is 99.9 cm³/mol. The lowest BCUT2D eigenvalue weighted by atomic mass is 9.90. The van der Waals surface area contributed by atoms with E-state index in [1.54, 1.807) is 6.07 Å². The third kappa shape index (κ3) is 3.65. The Labute approximate surface area is 159 Å². The fourth-order valence-electron chi connectivity index (χ4n) is 4.02. The third-order valence-electron chi connectivity index (χ3n) is 5.42. The van der Waals surface area contributed by atoms with Gasteiger partial charge in [0.05, 0.1) is 12.0 Å². The molecule has 0 bridgehead atoms. The van der Waals surface area contributed by atoms with E-state index in [0.29, 0.717) is 29.6 Å². The Morgan fingerprint density at radius 3 is 2.72 bits per heavy atom. The molecule has 25 heavy (non-hydrogen) atoms. The summed E-state index contributed by atoms with van der Waals surface area (Å²) in [5, 5.41) is 1.28. The van der Waals surface area contributed by atoms with Crippen molar-refractivity contribution in [2.45, 2.75) is 45.6 Å². The van der Waals surface area contributed by atoms with Crippen molar-refractivity contribution in [1.29, 1.82) is 0 Å². The zero-order valence-corrected chi connectivity index (χ0v) is 16.2. The number of carbonyl (C=O) groups excluding carboxylic acids is 2. The van der Waals surface area contributed by atoms with Crippen LogP contribution in [0.3, 0.4) is 0 Å². The zero-order chi connectivity index (χ0) is 18.1. The van der Waals surface area contributed by atoms with Crippen LogP contribution >= 0.6 is 23.2 Å². The molecule has 1 aromatic rings. The first-order valence-electron chi connectivity index (χ1n) is 8.98. The molecule has 1 fully saturated rings. The van der Waals surface area contributed by atoms with E-state index in [9.17, 15) is 9.59 Å². The summed E-state index contributed by atoms with van der Waals surface area (Å²) in [6.07, 6.45) is 2.97. The van der Waals surface area contributed by atoms with Crippen molar-refractivity contribution in [2.24, 2.45) is 5.92 Å². The van der Waals surface area contributed by atoms with Gasteiger partial charge in [-0.05, 0) is 49.4 Å². The molecule has 0 unspecified atom stereocenters. The van der Waals surface area contributed by atoms with E-state index < -0.39 is 0 Å². The van der Waals surface area contributed by atoms with E-state index in [4.69, 9.17) is 23.2 Å². The number of halogens is 2. The van der Waals surface area contributed by atoms with Crippen LogP contribution in [0.4, 0.5) is 0 Å². The van der Waals surface area contributed by atoms with Crippen LogP contribution in [0, 0.1) is 5.92 Å². The van der Waals surface area contributed by atoms with Crippen molar-refractivity contribution >= 4 is 35.0 Å². The highest BCUT2D eigenvalue weighted by molar-refractivity contribution is 6.35. The number of benzene rings is 1. The topological polar surface area (TPSA) is 40.6 Å². The Bertz CT molecular complexity index is 692. The Kier molecular flexibility index (Phi) is 5.59. The molecule has 136 valence electrons. The van der Waals surface area contributed by atoms with Crippen LogP contribution in [0.1, 0.15) is 50.3 Å². The molecule has 3 rings (SSSR count). The fraction of sp³-hybridized carbons (Fsp3) is 0.579. The molecule has 2 heterocycles. The van der Waals surface area contributed by atoms with E-state index >= 15 is 0 Å². The Morgan fingerprint density at radius 1 is 1.24 bits per heavy atom. The van der Waals surface area contributed by atoms with Gasteiger partial charge in [0.1, 0.15) is 0 Å². The number of likely N-dealkylation sites (tertiary alicyclic amines) is 1. The standard InChI is InChI=1S/C19H24Cl2N2O2/c1-3-18(24)22-7-4-5-13(11-22)19(25)23-8-6-15-16(12(23)2)9-14(20)10-17(15)21/h9-10,12-13H,3-8,11H2,1-2H3/t12-,13+/m1/s1. The molecular formula is C19H24Cl2N2O2. The summed E-state index contributed by atoms with van der Waals surface area (Å²) < 4.78 is 0. The highest BCUT2D eigenvalue weighted by Crippen LogP contribution is 2.37. The van der Waals surface area contributed by atoms with Gasteiger partial charge in [0.2, 0.25) is 11.8 Å². The van der Waals surface area contributed by atoms with Crippen LogP contribution in [0.15, 0.2) is 12.1 Å². The molecule has 2 amide bonds. The van der Waals surface area contributed by atoms with Crippen molar-refractivity contribution < 1.29 is 9.59 Å². The summed E-state index contributed by atoms with van der Waals surface area (Å²) in [6.45, 7) is 5.86. The van der Waals surface area contributed by atoms with E-state index in [1.165, 1.54) is 0 Å². The first-order chi connectivity index (χ1) is 11.9. The normalized spacial score (nSPS) is 23.4. The maximum atomic E-state index is 13.1. The molecule has 6 heteroatoms. The van der Waals surface area contributed by atoms with Crippen molar-refractivity contribution in [1.82, 2.24) is 9.80 Å². The molecule has 2 aliphatic rings. The molecule has 0 saturated carbocycles. The van der Waals surface area contributed by atoms with Gasteiger partial charge < -0.3 is 9.80 Å². The molecule has 0 N–H and O–H groups in total. The number of hydrogen-bond acceptors (Lipinski definition) is 2. The molecule has 0 aromatic heterocycles. The second-order valence-electron chi connectivity index (χ2n) is 6.95. The van der Waals surface area contributed by atoms with Gasteiger partial charge in [-0.1, -0.05) is 30.1 Å². The van der Waals surface area contributed by atoms with Crippen molar-refractivity contribution in [3.63, 3.8) is 0 Å². The Morgan fingerprint density at radius 2 is 2.00 bits per heavy atom. The van der Waals surface area contributed by atoms with Crippen molar-refractivity contribution in [3.8, 4) is 0 Å². The van der Waals surface area contributed by atoms with Gasteiger partial charge in [-0.2, -0.15) is 0 Å². The van der Waals surface area contributed by atoms with Gasteiger partial charge in [-0.3, -0.25) is 9.59 Å². The third-order valence-corrected chi connectivity index (χ3v) is 5.98. The molecule has 4 nitrogen and oxygen atoms in total. The molecular weight excluding hydrogens is 359 g/mol. The summed E-state index contributed by atoms with van der Waals surface area (Å²) in [7, 11) is 0. The van der Waals surface area contributed by atoms with Crippen LogP contribution < -0.4 is 0 Å². The highest BCUT2D eigenvalue weighted by atomic mass is 35.5. The Balaban J connectivity index is 1.78. The summed E-state index contributed by atoms with van der Waals surface area (Å²) in [5.74, 6) is 0.166. The van der Waals surface area contributed by atoms with Crippen LogP contribution in [0.2, 0.25) is 10.0 Å². The average Bonchev–Trinajstić information content (AvgIpc) is 2.61. The van der Waals surface area contributed by atoms with Crippen LogP contribution in [-0.2, 0) is 16.0 Å². The van der Waals surface area contributed by atoms with Crippen molar-refractivity contribution in [3.05, 3.63) is 33.3 Å². The molecule has 0 radical (unpaired) electrons. The number of amides is 2.